The van der Waals surface area contributed by atoms with E-state index in [1.54, 1.807) is 0 Å². The Morgan fingerprint density at radius 2 is 1.91 bits per heavy atom. The minimum Gasteiger partial charge on any atom is -0.492 e. The van der Waals surface area contributed by atoms with Gasteiger partial charge in [-0.15, -0.1) is 24.0 Å². The summed E-state index contributed by atoms with van der Waals surface area (Å²) < 4.78 is 5.75. The molecule has 1 amide bonds. The largest absolute Gasteiger partial charge is 0.492 e. The van der Waals surface area contributed by atoms with E-state index in [1.165, 1.54) is 0 Å². The summed E-state index contributed by atoms with van der Waals surface area (Å²) >= 11 is 0. The second-order valence-electron chi connectivity index (χ2n) is 5.69. The van der Waals surface area contributed by atoms with Crippen molar-refractivity contribution in [2.24, 2.45) is 4.99 Å². The second-order valence-corrected chi connectivity index (χ2v) is 5.69. The van der Waals surface area contributed by atoms with Crippen molar-refractivity contribution in [1.29, 1.82) is 0 Å². The minimum absolute atomic E-state index is 0. The van der Waals surface area contributed by atoms with Gasteiger partial charge in [-0.2, -0.15) is 0 Å². The minimum atomic E-state index is 0. The van der Waals surface area contributed by atoms with Gasteiger partial charge in [-0.05, 0) is 30.2 Å². The van der Waals surface area contributed by atoms with E-state index in [-0.39, 0.29) is 29.9 Å². The molecular formula is C16H25IN4O2. The molecule has 1 aromatic carbocycles. The maximum Gasteiger partial charge on any atom is 0.224 e. The highest BCUT2D eigenvalue weighted by Gasteiger charge is 2.14. The number of guanidine groups is 1. The van der Waals surface area contributed by atoms with E-state index >= 15 is 0 Å². The van der Waals surface area contributed by atoms with Gasteiger partial charge in [-0.1, -0.05) is 0 Å². The molecule has 7 heteroatoms. The lowest BCUT2D eigenvalue weighted by Gasteiger charge is -2.22. The summed E-state index contributed by atoms with van der Waals surface area (Å²) in [4.78, 5) is 19.8. The van der Waals surface area contributed by atoms with Crippen LogP contribution in [0.5, 0.6) is 5.75 Å². The molecule has 0 saturated carbocycles. The lowest BCUT2D eigenvalue weighted by Crippen LogP contribution is -2.35. The molecule has 0 aliphatic carbocycles. The van der Waals surface area contributed by atoms with Crippen LogP contribution in [-0.2, 0) is 11.2 Å². The molecule has 0 atom stereocenters. The van der Waals surface area contributed by atoms with Crippen LogP contribution in [0, 0.1) is 0 Å². The molecule has 0 spiro atoms. The van der Waals surface area contributed by atoms with Crippen LogP contribution in [0.3, 0.4) is 0 Å². The zero-order chi connectivity index (χ0) is 16.1. The molecule has 1 aliphatic rings. The SMILES string of the molecule is CN(C)C(=NCCOc1ccc2c(c1)CCC(=O)N2)N(C)C.I. The maximum absolute atomic E-state index is 11.3. The number of nitrogens with zero attached hydrogens (tertiary/aromatic N) is 3. The zero-order valence-electron chi connectivity index (χ0n) is 14.1. The van der Waals surface area contributed by atoms with Gasteiger partial charge in [0.25, 0.3) is 0 Å². The molecule has 0 saturated heterocycles. The number of nitrogens with one attached hydrogen (secondary N) is 1. The van der Waals surface area contributed by atoms with Gasteiger partial charge in [-0.3, -0.25) is 4.79 Å². The summed E-state index contributed by atoms with van der Waals surface area (Å²) in [5.74, 6) is 1.81. The predicted molar refractivity (Wildman–Crippen MR) is 104 cm³/mol. The monoisotopic (exact) mass is 432 g/mol. The standard InChI is InChI=1S/C16H24N4O2.HI/c1-19(2)16(20(3)4)17-9-10-22-13-6-7-14-12(11-13)5-8-15(21)18-14;/h6-7,11H,5,8-10H2,1-4H3,(H,18,21);1H. The zero-order valence-corrected chi connectivity index (χ0v) is 16.5. The van der Waals surface area contributed by atoms with Gasteiger partial charge in [0.15, 0.2) is 5.96 Å². The van der Waals surface area contributed by atoms with Crippen LogP contribution in [0.15, 0.2) is 23.2 Å². The molecule has 0 radical (unpaired) electrons. The third-order valence-electron chi connectivity index (χ3n) is 3.39. The molecule has 6 nitrogen and oxygen atoms in total. The Morgan fingerprint density at radius 1 is 1.22 bits per heavy atom. The number of hydrogen-bond donors (Lipinski definition) is 1. The van der Waals surface area contributed by atoms with Crippen LogP contribution < -0.4 is 10.1 Å². The van der Waals surface area contributed by atoms with Crippen molar-refractivity contribution in [2.45, 2.75) is 12.8 Å². The van der Waals surface area contributed by atoms with Gasteiger partial charge < -0.3 is 19.9 Å². The number of fused-ring (bicyclic) bond motifs is 1. The Hall–Kier alpha value is -1.51. The Bertz CT molecular complexity index is 563. The number of rotatable bonds is 4. The van der Waals surface area contributed by atoms with Gasteiger partial charge in [-0.25, -0.2) is 4.99 Å². The molecule has 2 rings (SSSR count). The van der Waals surface area contributed by atoms with E-state index in [1.807, 2.05) is 56.2 Å². The van der Waals surface area contributed by atoms with E-state index in [4.69, 9.17) is 4.74 Å². The van der Waals surface area contributed by atoms with E-state index in [0.29, 0.717) is 19.6 Å². The molecule has 128 valence electrons. The molecule has 1 aromatic rings. The lowest BCUT2D eigenvalue weighted by atomic mass is 10.0. The van der Waals surface area contributed by atoms with Crippen LogP contribution in [0.2, 0.25) is 0 Å². The van der Waals surface area contributed by atoms with E-state index in [9.17, 15) is 4.79 Å². The first kappa shape index (κ1) is 19.5. The number of carbonyl (C=O) groups excluding carboxylic acids is 1. The average molecular weight is 432 g/mol. The summed E-state index contributed by atoms with van der Waals surface area (Å²) in [6.45, 7) is 1.12. The van der Waals surface area contributed by atoms with Crippen molar-refractivity contribution in [1.82, 2.24) is 9.80 Å². The van der Waals surface area contributed by atoms with Crippen molar-refractivity contribution < 1.29 is 9.53 Å². The summed E-state index contributed by atoms with van der Waals surface area (Å²) in [5.41, 5.74) is 2.02. The lowest BCUT2D eigenvalue weighted by molar-refractivity contribution is -0.116. The fourth-order valence-corrected chi connectivity index (χ4v) is 2.44. The summed E-state index contributed by atoms with van der Waals surface area (Å²) in [5, 5.41) is 2.87. The van der Waals surface area contributed by atoms with E-state index in [0.717, 1.165) is 29.4 Å². The van der Waals surface area contributed by atoms with Gasteiger partial charge in [0.1, 0.15) is 12.4 Å². The molecule has 1 N–H and O–H groups in total. The molecular weight excluding hydrogens is 407 g/mol. The number of amides is 1. The summed E-state index contributed by atoms with van der Waals surface area (Å²) in [6.07, 6.45) is 1.30. The van der Waals surface area contributed by atoms with Crippen molar-refractivity contribution in [3.63, 3.8) is 0 Å². The van der Waals surface area contributed by atoms with Gasteiger partial charge in [0.2, 0.25) is 5.91 Å². The quantitative estimate of drug-likeness (QED) is 0.343. The second kappa shape index (κ2) is 8.95. The fourth-order valence-electron chi connectivity index (χ4n) is 2.44. The molecule has 0 unspecified atom stereocenters. The van der Waals surface area contributed by atoms with Gasteiger partial charge in [0, 0.05) is 40.3 Å². The van der Waals surface area contributed by atoms with Crippen molar-refractivity contribution in [3.05, 3.63) is 23.8 Å². The first-order valence-corrected chi connectivity index (χ1v) is 7.42. The maximum atomic E-state index is 11.3. The number of benzene rings is 1. The van der Waals surface area contributed by atoms with Crippen LogP contribution in [0.1, 0.15) is 12.0 Å². The Labute approximate surface area is 154 Å². The van der Waals surface area contributed by atoms with Gasteiger partial charge in [0.05, 0.1) is 6.54 Å². The molecule has 0 bridgehead atoms. The summed E-state index contributed by atoms with van der Waals surface area (Å²) in [6, 6.07) is 5.78. The molecule has 0 aromatic heterocycles. The third-order valence-corrected chi connectivity index (χ3v) is 3.39. The van der Waals surface area contributed by atoms with E-state index in [2.05, 4.69) is 10.3 Å². The first-order chi connectivity index (χ1) is 10.5. The van der Waals surface area contributed by atoms with Gasteiger partial charge >= 0.3 is 0 Å². The molecule has 0 fully saturated rings. The number of aliphatic imine (C=N–C) groups is 1. The molecule has 23 heavy (non-hydrogen) atoms. The number of ether oxygens (including phenoxy) is 1. The van der Waals surface area contributed by atoms with Crippen LogP contribution in [-0.4, -0.2) is 63.0 Å². The Kier molecular flexibility index (Phi) is 7.60. The number of aryl methyl sites for hydroxylation is 1. The highest BCUT2D eigenvalue weighted by atomic mass is 127. The highest BCUT2D eigenvalue weighted by molar-refractivity contribution is 14.0. The number of anilines is 1. The van der Waals surface area contributed by atoms with Crippen molar-refractivity contribution in [3.8, 4) is 5.75 Å². The molecule has 1 heterocycles. The smallest absolute Gasteiger partial charge is 0.224 e. The topological polar surface area (TPSA) is 57.2 Å². The van der Waals surface area contributed by atoms with Crippen LogP contribution >= 0.6 is 24.0 Å². The normalized spacial score (nSPS) is 12.4. The number of hydrogen-bond acceptors (Lipinski definition) is 3. The number of carbonyl (C=O) groups is 1. The molecule has 1 aliphatic heterocycles. The number of halogens is 1. The van der Waals surface area contributed by atoms with E-state index < -0.39 is 0 Å². The van der Waals surface area contributed by atoms with Crippen molar-refractivity contribution >= 4 is 41.5 Å². The van der Waals surface area contributed by atoms with Crippen LogP contribution in [0.25, 0.3) is 0 Å². The highest BCUT2D eigenvalue weighted by Crippen LogP contribution is 2.26. The summed E-state index contributed by atoms with van der Waals surface area (Å²) in [7, 11) is 7.88. The fraction of sp³-hybridized carbons (Fsp3) is 0.500. The predicted octanol–water partition coefficient (Wildman–Crippen LogP) is 2.05. The van der Waals surface area contributed by atoms with Crippen molar-refractivity contribution in [2.75, 3.05) is 46.7 Å². The third kappa shape index (κ3) is 5.56. The van der Waals surface area contributed by atoms with Crippen LogP contribution in [0.4, 0.5) is 5.69 Å². The Morgan fingerprint density at radius 3 is 2.57 bits per heavy atom. The first-order valence-electron chi connectivity index (χ1n) is 7.42. The average Bonchev–Trinajstić information content (AvgIpc) is 2.46. The Balaban J connectivity index is 0.00000264.